The Morgan fingerprint density at radius 1 is 0.905 bits per heavy atom. The maximum atomic E-state index is 13.8. The number of hydrogen-bond acceptors (Lipinski definition) is 1. The number of nitrogens with two attached hydrogens (primary N) is 1. The van der Waals surface area contributed by atoms with Gasteiger partial charge in [-0.2, -0.15) is 0 Å². The summed E-state index contributed by atoms with van der Waals surface area (Å²) in [6.45, 7) is 4.09. The second-order valence-electron chi connectivity index (χ2n) is 4.98. The van der Waals surface area contributed by atoms with E-state index in [1.807, 2.05) is 25.1 Å². The van der Waals surface area contributed by atoms with Crippen LogP contribution in [0.2, 0.25) is 0 Å². The summed E-state index contributed by atoms with van der Waals surface area (Å²) in [7, 11) is 0. The molecule has 0 fully saturated rings. The van der Waals surface area contributed by atoms with Crippen molar-refractivity contribution < 1.29 is 13.2 Å². The molecule has 1 nitrogen and oxygen atoms in total. The lowest BCUT2D eigenvalue weighted by atomic mass is 9.93. The van der Waals surface area contributed by atoms with E-state index in [0.717, 1.165) is 24.5 Å². The van der Waals surface area contributed by atoms with Crippen LogP contribution in [0.25, 0.3) is 0 Å². The van der Waals surface area contributed by atoms with Crippen LogP contribution in [0, 0.1) is 17.5 Å². The molecule has 2 aromatic rings. The van der Waals surface area contributed by atoms with Gasteiger partial charge in [0.05, 0.1) is 6.04 Å². The quantitative estimate of drug-likeness (QED) is 0.837. The number of halogens is 3. The Labute approximate surface area is 122 Å². The summed E-state index contributed by atoms with van der Waals surface area (Å²) >= 11 is 0. The van der Waals surface area contributed by atoms with Crippen LogP contribution in [-0.2, 0) is 12.8 Å². The Morgan fingerprint density at radius 2 is 1.57 bits per heavy atom. The fourth-order valence-electron chi connectivity index (χ4n) is 2.47. The maximum absolute atomic E-state index is 13.8. The minimum absolute atomic E-state index is 0.0415. The zero-order valence-electron chi connectivity index (χ0n) is 12.1. The van der Waals surface area contributed by atoms with Crippen LogP contribution >= 0.6 is 0 Å². The van der Waals surface area contributed by atoms with Gasteiger partial charge < -0.3 is 5.73 Å². The van der Waals surface area contributed by atoms with E-state index in [1.165, 1.54) is 11.6 Å². The highest BCUT2D eigenvalue weighted by Crippen LogP contribution is 2.26. The van der Waals surface area contributed by atoms with E-state index in [2.05, 4.69) is 6.92 Å². The van der Waals surface area contributed by atoms with Crippen molar-refractivity contribution in [2.75, 3.05) is 0 Å². The summed E-state index contributed by atoms with van der Waals surface area (Å²) in [6, 6.07) is 6.93. The van der Waals surface area contributed by atoms with Gasteiger partial charge >= 0.3 is 0 Å². The monoisotopic (exact) mass is 293 g/mol. The van der Waals surface area contributed by atoms with Gasteiger partial charge in [-0.15, -0.1) is 0 Å². The van der Waals surface area contributed by atoms with Crippen LogP contribution in [0.4, 0.5) is 13.2 Å². The minimum Gasteiger partial charge on any atom is -0.320 e. The highest BCUT2D eigenvalue weighted by atomic mass is 19.2. The molecule has 0 amide bonds. The average Bonchev–Trinajstić information content (AvgIpc) is 2.51. The summed E-state index contributed by atoms with van der Waals surface area (Å²) in [6.07, 6.45) is 1.74. The van der Waals surface area contributed by atoms with Crippen molar-refractivity contribution in [3.05, 3.63) is 70.0 Å². The lowest BCUT2D eigenvalue weighted by Crippen LogP contribution is -2.15. The molecule has 2 aromatic carbocycles. The third-order valence-corrected chi connectivity index (χ3v) is 3.75. The second kappa shape index (κ2) is 6.31. The molecule has 0 bridgehead atoms. The van der Waals surface area contributed by atoms with Crippen LogP contribution in [0.15, 0.2) is 30.3 Å². The van der Waals surface area contributed by atoms with Crippen LogP contribution < -0.4 is 5.73 Å². The predicted octanol–water partition coefficient (Wildman–Crippen LogP) is 4.28. The van der Waals surface area contributed by atoms with Gasteiger partial charge in [0.2, 0.25) is 0 Å². The first kappa shape index (κ1) is 15.6. The predicted molar refractivity (Wildman–Crippen MR) is 77.5 cm³/mol. The van der Waals surface area contributed by atoms with E-state index in [9.17, 15) is 13.2 Å². The number of rotatable bonds is 4. The Hall–Kier alpha value is -1.81. The lowest BCUT2D eigenvalue weighted by molar-refractivity contribution is 0.438. The normalized spacial score (nSPS) is 12.5. The molecule has 2 N–H and O–H groups in total. The van der Waals surface area contributed by atoms with E-state index < -0.39 is 23.5 Å². The molecule has 0 aliphatic rings. The molecule has 2 rings (SSSR count). The molecule has 1 atom stereocenters. The first-order valence-corrected chi connectivity index (χ1v) is 7.00. The van der Waals surface area contributed by atoms with Gasteiger partial charge in [-0.3, -0.25) is 0 Å². The van der Waals surface area contributed by atoms with E-state index >= 15 is 0 Å². The summed E-state index contributed by atoms with van der Waals surface area (Å²) in [5, 5.41) is 0. The molecule has 112 valence electrons. The molecule has 21 heavy (non-hydrogen) atoms. The van der Waals surface area contributed by atoms with Crippen LogP contribution in [-0.4, -0.2) is 0 Å². The third-order valence-electron chi connectivity index (χ3n) is 3.75. The van der Waals surface area contributed by atoms with E-state index in [-0.39, 0.29) is 5.56 Å². The van der Waals surface area contributed by atoms with Crippen molar-refractivity contribution in [1.82, 2.24) is 0 Å². The summed E-state index contributed by atoms with van der Waals surface area (Å²) < 4.78 is 40.1. The van der Waals surface area contributed by atoms with Crippen LogP contribution in [0.1, 0.15) is 42.1 Å². The molecular formula is C17H18F3N. The topological polar surface area (TPSA) is 26.0 Å². The number of aryl methyl sites for hydroxylation is 2. The van der Waals surface area contributed by atoms with Crippen molar-refractivity contribution in [2.45, 2.75) is 32.7 Å². The Bertz CT molecular complexity index is 653. The third kappa shape index (κ3) is 2.95. The molecule has 0 aliphatic carbocycles. The largest absolute Gasteiger partial charge is 0.320 e. The molecule has 4 heteroatoms. The number of benzene rings is 2. The molecule has 0 aliphatic heterocycles. The van der Waals surface area contributed by atoms with Crippen molar-refractivity contribution in [3.8, 4) is 0 Å². The van der Waals surface area contributed by atoms with Gasteiger partial charge in [0.15, 0.2) is 17.5 Å². The van der Waals surface area contributed by atoms with E-state index in [4.69, 9.17) is 5.73 Å². The summed E-state index contributed by atoms with van der Waals surface area (Å²) in [4.78, 5) is 0. The average molecular weight is 293 g/mol. The molecular weight excluding hydrogens is 275 g/mol. The first-order chi connectivity index (χ1) is 9.99. The van der Waals surface area contributed by atoms with Crippen LogP contribution in [0.5, 0.6) is 0 Å². The maximum Gasteiger partial charge on any atom is 0.194 e. The minimum atomic E-state index is -1.48. The molecule has 1 unspecified atom stereocenters. The molecule has 0 spiro atoms. The Kier molecular flexibility index (Phi) is 4.68. The zero-order chi connectivity index (χ0) is 15.6. The Morgan fingerprint density at radius 3 is 2.19 bits per heavy atom. The van der Waals surface area contributed by atoms with Gasteiger partial charge in [-0.25, -0.2) is 13.2 Å². The van der Waals surface area contributed by atoms with Gasteiger partial charge in [0.1, 0.15) is 0 Å². The summed E-state index contributed by atoms with van der Waals surface area (Å²) in [5.74, 6) is -3.91. The SMILES string of the molecule is CCc1ccc(C(N)c2ccc(F)c(F)c2F)cc1CC. The van der Waals surface area contributed by atoms with Crippen molar-refractivity contribution in [1.29, 1.82) is 0 Å². The van der Waals surface area contributed by atoms with Gasteiger partial charge in [0, 0.05) is 5.56 Å². The molecule has 0 radical (unpaired) electrons. The summed E-state index contributed by atoms with van der Waals surface area (Å²) in [5.41, 5.74) is 9.01. The second-order valence-corrected chi connectivity index (χ2v) is 4.98. The molecule has 0 aromatic heterocycles. The fourth-order valence-corrected chi connectivity index (χ4v) is 2.47. The lowest BCUT2D eigenvalue weighted by Gasteiger charge is -2.16. The number of hydrogen-bond donors (Lipinski definition) is 1. The highest BCUT2D eigenvalue weighted by molar-refractivity contribution is 5.38. The highest BCUT2D eigenvalue weighted by Gasteiger charge is 2.20. The van der Waals surface area contributed by atoms with E-state index in [1.54, 1.807) is 0 Å². The fraction of sp³-hybridized carbons (Fsp3) is 0.294. The van der Waals surface area contributed by atoms with Crippen molar-refractivity contribution in [2.24, 2.45) is 5.73 Å². The molecule has 0 saturated carbocycles. The first-order valence-electron chi connectivity index (χ1n) is 7.00. The van der Waals surface area contributed by atoms with Crippen molar-refractivity contribution in [3.63, 3.8) is 0 Å². The molecule has 0 saturated heterocycles. The smallest absolute Gasteiger partial charge is 0.194 e. The standard InChI is InChI=1S/C17H18F3N/c1-3-10-5-6-12(9-11(10)4-2)17(21)13-7-8-14(18)16(20)15(13)19/h5-9,17H,3-4,21H2,1-2H3. The molecule has 0 heterocycles. The Balaban J connectivity index is 2.45. The van der Waals surface area contributed by atoms with Gasteiger partial charge in [-0.1, -0.05) is 38.1 Å². The van der Waals surface area contributed by atoms with Crippen molar-refractivity contribution >= 4 is 0 Å². The van der Waals surface area contributed by atoms with Gasteiger partial charge in [0.25, 0.3) is 0 Å². The van der Waals surface area contributed by atoms with Crippen LogP contribution in [0.3, 0.4) is 0 Å². The van der Waals surface area contributed by atoms with Gasteiger partial charge in [-0.05, 0) is 35.6 Å². The zero-order valence-corrected chi connectivity index (χ0v) is 12.1. The van der Waals surface area contributed by atoms with E-state index in [0.29, 0.717) is 5.56 Å².